The molecule has 0 unspecified atom stereocenters. The summed E-state index contributed by atoms with van der Waals surface area (Å²) in [6.07, 6.45) is -4.74. The van der Waals surface area contributed by atoms with Crippen LogP contribution in [0.4, 0.5) is 13.2 Å². The van der Waals surface area contributed by atoms with E-state index < -0.39 is 44.8 Å². The van der Waals surface area contributed by atoms with Gasteiger partial charge in [-0.15, -0.1) is 0 Å². The fourth-order valence-corrected chi connectivity index (χ4v) is 4.51. The van der Waals surface area contributed by atoms with E-state index in [9.17, 15) is 36.6 Å². The van der Waals surface area contributed by atoms with Crippen LogP contribution in [0.2, 0.25) is 10.0 Å². The van der Waals surface area contributed by atoms with Gasteiger partial charge in [0.05, 0.1) is 11.6 Å². The van der Waals surface area contributed by atoms with Crippen molar-refractivity contribution in [3.05, 3.63) is 52.0 Å². The van der Waals surface area contributed by atoms with Crippen molar-refractivity contribution in [2.75, 3.05) is 13.2 Å². The van der Waals surface area contributed by atoms with Crippen LogP contribution in [0, 0.1) is 0 Å². The van der Waals surface area contributed by atoms with Crippen LogP contribution in [0.5, 0.6) is 11.5 Å². The molecule has 40 heavy (non-hydrogen) atoms. The lowest BCUT2D eigenvalue weighted by Crippen LogP contribution is -2.42. The van der Waals surface area contributed by atoms with Gasteiger partial charge in [-0.1, -0.05) is 35.3 Å². The average Bonchev–Trinajstić information content (AvgIpc) is 2.83. The smallest absolute Gasteiger partial charge is 0.490 e. The fourth-order valence-electron chi connectivity index (χ4n) is 2.57. The van der Waals surface area contributed by atoms with Gasteiger partial charge in [-0.3, -0.25) is 4.79 Å². The topological polar surface area (TPSA) is 224 Å². The van der Waals surface area contributed by atoms with E-state index in [4.69, 9.17) is 54.1 Å². The molecule has 0 saturated heterocycles. The van der Waals surface area contributed by atoms with Gasteiger partial charge in [0.2, 0.25) is 16.0 Å². The summed E-state index contributed by atoms with van der Waals surface area (Å²) in [5.74, 6) is -4.56. The third-order valence-electron chi connectivity index (χ3n) is 4.30. The van der Waals surface area contributed by atoms with Gasteiger partial charge in [0.1, 0.15) is 23.3 Å². The highest BCUT2D eigenvalue weighted by atomic mass is 35.5. The van der Waals surface area contributed by atoms with Crippen LogP contribution in [0.1, 0.15) is 12.0 Å². The van der Waals surface area contributed by atoms with Crippen molar-refractivity contribution in [1.29, 1.82) is 0 Å². The number of nitrogens with two attached hydrogens (primary N) is 2. The van der Waals surface area contributed by atoms with E-state index in [0.29, 0.717) is 24.3 Å². The molecule has 19 heteroatoms. The lowest BCUT2D eigenvalue weighted by molar-refractivity contribution is -0.192. The number of phenols is 1. The number of carbonyl (C=O) groups is 2. The first-order valence-electron chi connectivity index (χ1n) is 10.6. The number of alkyl halides is 3. The molecule has 0 radical (unpaired) electrons. The van der Waals surface area contributed by atoms with E-state index in [0.717, 1.165) is 12.1 Å². The first kappa shape index (κ1) is 34.4. The van der Waals surface area contributed by atoms with E-state index in [2.05, 4.69) is 9.88 Å². The number of hydrogen-bond acceptors (Lipinski definition) is 8. The summed E-state index contributed by atoms with van der Waals surface area (Å²) in [5, 5.41) is 29.6. The Morgan fingerprint density at radius 2 is 1.65 bits per heavy atom. The number of carboxylic acids is 2. The quantitative estimate of drug-likeness (QED) is 0.0859. The maximum Gasteiger partial charge on any atom is 0.490 e. The van der Waals surface area contributed by atoms with Crippen molar-refractivity contribution in [2.24, 2.45) is 16.6 Å². The number of guanidine groups is 1. The zero-order chi connectivity index (χ0) is 30.7. The molecule has 2 aromatic carbocycles. The Kier molecular flexibility index (Phi) is 13.1. The highest BCUT2D eigenvalue weighted by Gasteiger charge is 2.38. The summed E-state index contributed by atoms with van der Waals surface area (Å²) in [7, 11) is -4.44. The van der Waals surface area contributed by atoms with Crippen molar-refractivity contribution in [1.82, 2.24) is 4.72 Å². The van der Waals surface area contributed by atoms with E-state index in [-0.39, 0.29) is 29.0 Å². The molecule has 13 nitrogen and oxygen atoms in total. The molecule has 0 spiro atoms. The molecule has 8 N–H and O–H groups in total. The monoisotopic (exact) mass is 634 g/mol. The Hall–Kier alpha value is -3.67. The first-order valence-corrected chi connectivity index (χ1v) is 12.8. The number of halogens is 5. The van der Waals surface area contributed by atoms with Crippen molar-refractivity contribution >= 4 is 51.1 Å². The number of carboxylic acid groups (broad SMARTS) is 2. The Morgan fingerprint density at radius 1 is 1.07 bits per heavy atom. The number of nitrogens with zero attached hydrogens (tertiary/aromatic N) is 1. The van der Waals surface area contributed by atoms with Crippen LogP contribution >= 0.6 is 23.2 Å². The van der Waals surface area contributed by atoms with Gasteiger partial charge in [0, 0.05) is 11.4 Å². The highest BCUT2D eigenvalue weighted by molar-refractivity contribution is 7.89. The first-order chi connectivity index (χ1) is 18.4. The summed E-state index contributed by atoms with van der Waals surface area (Å²) >= 11 is 11.6. The SMILES string of the molecule is NC(N)=NOCCCOc1ccc(C[C@H](NS(=O)(=O)c2cc(Cl)cc(Cl)c2O)C(=O)O)cc1.O=C(O)C(F)(F)F. The second-order valence-corrected chi connectivity index (χ2v) is 9.97. The molecule has 2 rings (SSSR count). The molecule has 1 atom stereocenters. The number of rotatable bonds is 12. The molecule has 2 aromatic rings. The Labute approximate surface area is 235 Å². The molecule has 0 aliphatic rings. The molecule has 0 fully saturated rings. The molecule has 0 aliphatic heterocycles. The van der Waals surface area contributed by atoms with Crippen molar-refractivity contribution in [2.45, 2.75) is 30.0 Å². The average molecular weight is 635 g/mol. The lowest BCUT2D eigenvalue weighted by Gasteiger charge is -2.16. The van der Waals surface area contributed by atoms with Crippen molar-refractivity contribution in [3.8, 4) is 11.5 Å². The minimum atomic E-state index is -5.08. The third kappa shape index (κ3) is 12.0. The summed E-state index contributed by atoms with van der Waals surface area (Å²) in [5.41, 5.74) is 10.8. The Bertz CT molecular complexity index is 1310. The van der Waals surface area contributed by atoms with E-state index >= 15 is 0 Å². The second-order valence-electron chi connectivity index (χ2n) is 7.45. The molecule has 0 heterocycles. The number of aliphatic carboxylic acids is 2. The van der Waals surface area contributed by atoms with Gasteiger partial charge in [0.15, 0.2) is 5.75 Å². The minimum absolute atomic E-state index is 0.0385. The predicted octanol–water partition coefficient (Wildman–Crippen LogP) is 2.28. The Morgan fingerprint density at radius 3 is 2.15 bits per heavy atom. The number of sulfonamides is 1. The molecule has 0 aromatic heterocycles. The van der Waals surface area contributed by atoms with Gasteiger partial charge in [-0.05, 0) is 41.4 Å². The predicted molar refractivity (Wildman–Crippen MR) is 136 cm³/mol. The largest absolute Gasteiger partial charge is 0.505 e. The summed E-state index contributed by atoms with van der Waals surface area (Å²) in [6, 6.07) is 7.04. The molecule has 222 valence electrons. The fraction of sp³-hybridized carbons (Fsp3) is 0.286. The number of oxime groups is 1. The minimum Gasteiger partial charge on any atom is -0.505 e. The number of phenolic OH excluding ortho intramolecular Hbond substituents is 1. The second kappa shape index (κ2) is 15.2. The van der Waals surface area contributed by atoms with Crippen LogP contribution in [-0.2, 0) is 30.9 Å². The zero-order valence-corrected chi connectivity index (χ0v) is 22.4. The van der Waals surface area contributed by atoms with Crippen LogP contribution in [-0.4, -0.2) is 67.1 Å². The Balaban J connectivity index is 0.00000101. The van der Waals surface area contributed by atoms with Crippen LogP contribution < -0.4 is 20.9 Å². The van der Waals surface area contributed by atoms with E-state index in [1.165, 1.54) is 0 Å². The molecule has 0 amide bonds. The summed E-state index contributed by atoms with van der Waals surface area (Å²) in [4.78, 5) is 24.8. The van der Waals surface area contributed by atoms with Gasteiger partial charge in [-0.2, -0.15) is 17.9 Å². The van der Waals surface area contributed by atoms with Gasteiger partial charge < -0.3 is 36.4 Å². The maximum atomic E-state index is 12.6. The van der Waals surface area contributed by atoms with Crippen LogP contribution in [0.25, 0.3) is 0 Å². The van der Waals surface area contributed by atoms with E-state index in [1.54, 1.807) is 24.3 Å². The molecule has 0 aliphatic carbocycles. The van der Waals surface area contributed by atoms with Crippen molar-refractivity contribution < 1.29 is 56.1 Å². The van der Waals surface area contributed by atoms with Gasteiger partial charge in [0.25, 0.3) is 0 Å². The van der Waals surface area contributed by atoms with Crippen LogP contribution in [0.15, 0.2) is 46.4 Å². The zero-order valence-electron chi connectivity index (χ0n) is 20.1. The molecular weight excluding hydrogens is 612 g/mol. The number of aromatic hydroxyl groups is 1. The standard InChI is InChI=1S/C19H22Cl2N4O7S.C2HF3O2/c20-12-9-14(21)17(26)16(10-12)33(29,30)25-15(18(27)28)8-11-2-4-13(5-3-11)31-6-1-7-32-24-19(22)23;3-2(4,5)1(6)7/h2-5,9-10,15,25-26H,1,6-8H2,(H,27,28)(H4,22,23,24);(H,6,7)/t15-;/m0./s1. The number of hydrogen-bond donors (Lipinski definition) is 6. The normalized spacial score (nSPS) is 11.9. The number of ether oxygens (including phenoxy) is 1. The van der Waals surface area contributed by atoms with Crippen LogP contribution in [0.3, 0.4) is 0 Å². The summed E-state index contributed by atoms with van der Waals surface area (Å²) in [6.45, 7) is 0.576. The number of nitrogens with one attached hydrogen (secondary N) is 1. The van der Waals surface area contributed by atoms with Gasteiger partial charge in [-0.25, -0.2) is 13.2 Å². The maximum absolute atomic E-state index is 12.6. The van der Waals surface area contributed by atoms with Gasteiger partial charge >= 0.3 is 18.1 Å². The molecule has 0 saturated carbocycles. The lowest BCUT2D eigenvalue weighted by atomic mass is 10.1. The third-order valence-corrected chi connectivity index (χ3v) is 6.29. The van der Waals surface area contributed by atoms with E-state index in [1.807, 2.05) is 0 Å². The summed E-state index contributed by atoms with van der Waals surface area (Å²) < 4.78 is 64.6. The molecular formula is C21H23Cl2F3N4O9S. The number of benzene rings is 2. The molecule has 0 bridgehead atoms. The van der Waals surface area contributed by atoms with Crippen molar-refractivity contribution in [3.63, 3.8) is 0 Å². The highest BCUT2D eigenvalue weighted by Crippen LogP contribution is 2.34.